The Hall–Kier alpha value is -0.0200. The quantitative estimate of drug-likeness (QED) is 0.569. The highest BCUT2D eigenvalue weighted by molar-refractivity contribution is 7.81. The van der Waals surface area contributed by atoms with E-state index in [2.05, 4.69) is 17.9 Å². The Kier molecular flexibility index (Phi) is 3.89. The molecule has 2 nitrogen and oxygen atoms in total. The first-order valence-electron chi connectivity index (χ1n) is 2.95. The fourth-order valence-electron chi connectivity index (χ4n) is 0.784. The first kappa shape index (κ1) is 8.98. The molecule has 0 amide bonds. The molecule has 0 aromatic rings. The second kappa shape index (κ2) is 3.90. The maximum Gasteiger partial charge on any atom is 0.147 e. The standard InChI is InChI=1S/C6H13NOS/c1-4(8)6(7-3)5(2)9/h5-7,9H,1-3H3/t5-,6?/m0/s1. The Morgan fingerprint density at radius 3 is 2.11 bits per heavy atom. The number of carbonyl (C=O) groups is 1. The fraction of sp³-hybridized carbons (Fsp3) is 0.833. The Morgan fingerprint density at radius 2 is 2.11 bits per heavy atom. The van der Waals surface area contributed by atoms with Crippen LogP contribution in [0, 0.1) is 0 Å². The van der Waals surface area contributed by atoms with E-state index in [1.807, 2.05) is 6.92 Å². The molecular weight excluding hydrogens is 134 g/mol. The molecule has 0 aromatic heterocycles. The molecule has 0 saturated heterocycles. The van der Waals surface area contributed by atoms with Gasteiger partial charge in [-0.25, -0.2) is 0 Å². The number of likely N-dealkylation sites (N-methyl/N-ethyl adjacent to an activating group) is 1. The lowest BCUT2D eigenvalue weighted by Gasteiger charge is -2.14. The SMILES string of the molecule is CNC(C(C)=O)[C@H](C)S. The van der Waals surface area contributed by atoms with Crippen molar-refractivity contribution in [3.8, 4) is 0 Å². The summed E-state index contributed by atoms with van der Waals surface area (Å²) in [7, 11) is 1.76. The summed E-state index contributed by atoms with van der Waals surface area (Å²) in [4.78, 5) is 10.7. The molecule has 0 aliphatic rings. The molecule has 1 N–H and O–H groups in total. The van der Waals surface area contributed by atoms with Crippen LogP contribution in [0.2, 0.25) is 0 Å². The predicted molar refractivity (Wildman–Crippen MR) is 42.0 cm³/mol. The number of rotatable bonds is 3. The molecular formula is C6H13NOS. The van der Waals surface area contributed by atoms with Crippen LogP contribution in [-0.2, 0) is 4.79 Å². The summed E-state index contributed by atoms with van der Waals surface area (Å²) in [5.41, 5.74) is 0. The van der Waals surface area contributed by atoms with Crippen LogP contribution < -0.4 is 5.32 Å². The molecule has 0 saturated carbocycles. The van der Waals surface area contributed by atoms with E-state index in [1.54, 1.807) is 14.0 Å². The summed E-state index contributed by atoms with van der Waals surface area (Å²) in [6.07, 6.45) is 0. The first-order chi connectivity index (χ1) is 4.09. The van der Waals surface area contributed by atoms with Crippen LogP contribution in [0.3, 0.4) is 0 Å². The number of Topliss-reactive ketones (excluding diaryl/α,β-unsaturated/α-hetero) is 1. The number of carbonyl (C=O) groups excluding carboxylic acids is 1. The topological polar surface area (TPSA) is 29.1 Å². The number of hydrogen-bond donors (Lipinski definition) is 2. The summed E-state index contributed by atoms with van der Waals surface area (Å²) in [6, 6.07) is -0.103. The Bertz CT molecular complexity index is 103. The van der Waals surface area contributed by atoms with Crippen LogP contribution in [0.5, 0.6) is 0 Å². The van der Waals surface area contributed by atoms with Crippen LogP contribution in [0.4, 0.5) is 0 Å². The molecule has 0 aliphatic carbocycles. The largest absolute Gasteiger partial charge is 0.310 e. The van der Waals surface area contributed by atoms with Crippen molar-refractivity contribution in [2.75, 3.05) is 7.05 Å². The molecule has 54 valence electrons. The van der Waals surface area contributed by atoms with E-state index in [1.165, 1.54) is 0 Å². The van der Waals surface area contributed by atoms with E-state index in [4.69, 9.17) is 0 Å². The lowest BCUT2D eigenvalue weighted by atomic mass is 10.1. The monoisotopic (exact) mass is 147 g/mol. The maximum atomic E-state index is 10.7. The van der Waals surface area contributed by atoms with E-state index in [0.29, 0.717) is 0 Å². The van der Waals surface area contributed by atoms with E-state index in [9.17, 15) is 4.79 Å². The molecule has 0 bridgehead atoms. The normalized spacial score (nSPS) is 16.9. The Labute approximate surface area is 61.4 Å². The van der Waals surface area contributed by atoms with Crippen molar-refractivity contribution in [3.63, 3.8) is 0 Å². The lowest BCUT2D eigenvalue weighted by Crippen LogP contribution is -2.38. The number of hydrogen-bond acceptors (Lipinski definition) is 3. The Balaban J connectivity index is 3.83. The predicted octanol–water partition coefficient (Wildman–Crippen LogP) is 0.482. The highest BCUT2D eigenvalue weighted by Gasteiger charge is 2.15. The molecule has 0 aromatic carbocycles. The van der Waals surface area contributed by atoms with Gasteiger partial charge >= 0.3 is 0 Å². The van der Waals surface area contributed by atoms with Gasteiger partial charge in [0, 0.05) is 5.25 Å². The minimum absolute atomic E-state index is 0.0903. The molecule has 0 spiro atoms. The molecule has 0 fully saturated rings. The molecule has 0 rings (SSSR count). The molecule has 2 atom stereocenters. The second-order valence-corrected chi connectivity index (χ2v) is 2.93. The van der Waals surface area contributed by atoms with Crippen molar-refractivity contribution < 1.29 is 4.79 Å². The highest BCUT2D eigenvalue weighted by Crippen LogP contribution is 2.00. The van der Waals surface area contributed by atoms with Crippen molar-refractivity contribution in [1.82, 2.24) is 5.32 Å². The zero-order chi connectivity index (χ0) is 7.44. The van der Waals surface area contributed by atoms with Crippen molar-refractivity contribution >= 4 is 18.4 Å². The third-order valence-electron chi connectivity index (χ3n) is 1.23. The zero-order valence-corrected chi connectivity index (χ0v) is 6.90. The van der Waals surface area contributed by atoms with Crippen LogP contribution in [0.1, 0.15) is 13.8 Å². The van der Waals surface area contributed by atoms with Crippen molar-refractivity contribution in [2.24, 2.45) is 0 Å². The van der Waals surface area contributed by atoms with Gasteiger partial charge in [0.2, 0.25) is 0 Å². The van der Waals surface area contributed by atoms with E-state index >= 15 is 0 Å². The van der Waals surface area contributed by atoms with Gasteiger partial charge in [-0.15, -0.1) is 0 Å². The van der Waals surface area contributed by atoms with Gasteiger partial charge in [0.25, 0.3) is 0 Å². The van der Waals surface area contributed by atoms with Gasteiger partial charge in [-0.1, -0.05) is 6.92 Å². The van der Waals surface area contributed by atoms with Crippen LogP contribution in [0.25, 0.3) is 0 Å². The minimum Gasteiger partial charge on any atom is -0.310 e. The fourth-order valence-corrected chi connectivity index (χ4v) is 1.14. The summed E-state index contributed by atoms with van der Waals surface area (Å²) in [5, 5.41) is 2.97. The number of thiol groups is 1. The minimum atomic E-state index is -0.103. The van der Waals surface area contributed by atoms with Crippen LogP contribution in [-0.4, -0.2) is 24.1 Å². The van der Waals surface area contributed by atoms with Crippen molar-refractivity contribution in [2.45, 2.75) is 25.1 Å². The Morgan fingerprint density at radius 1 is 1.67 bits per heavy atom. The number of nitrogens with one attached hydrogen (secondary N) is 1. The average Bonchev–Trinajstić information content (AvgIpc) is 1.64. The third kappa shape index (κ3) is 2.87. The van der Waals surface area contributed by atoms with Gasteiger partial charge in [0.05, 0.1) is 6.04 Å². The summed E-state index contributed by atoms with van der Waals surface area (Å²) in [5.74, 6) is 0.139. The second-order valence-electron chi connectivity index (χ2n) is 2.12. The molecule has 0 aliphatic heterocycles. The molecule has 9 heavy (non-hydrogen) atoms. The van der Waals surface area contributed by atoms with Crippen LogP contribution in [0.15, 0.2) is 0 Å². The molecule has 0 heterocycles. The van der Waals surface area contributed by atoms with Gasteiger partial charge in [-0.2, -0.15) is 12.6 Å². The molecule has 0 radical (unpaired) electrons. The van der Waals surface area contributed by atoms with E-state index in [0.717, 1.165) is 0 Å². The van der Waals surface area contributed by atoms with Crippen LogP contribution >= 0.6 is 12.6 Å². The van der Waals surface area contributed by atoms with Gasteiger partial charge in [0.1, 0.15) is 5.78 Å². The lowest BCUT2D eigenvalue weighted by molar-refractivity contribution is -0.118. The summed E-state index contributed by atoms with van der Waals surface area (Å²) < 4.78 is 0. The van der Waals surface area contributed by atoms with E-state index < -0.39 is 0 Å². The summed E-state index contributed by atoms with van der Waals surface area (Å²) >= 11 is 4.13. The van der Waals surface area contributed by atoms with Gasteiger partial charge < -0.3 is 5.32 Å². The third-order valence-corrected chi connectivity index (χ3v) is 1.53. The number of ketones is 1. The smallest absolute Gasteiger partial charge is 0.147 e. The van der Waals surface area contributed by atoms with Gasteiger partial charge in [-0.05, 0) is 14.0 Å². The zero-order valence-electron chi connectivity index (χ0n) is 6.01. The van der Waals surface area contributed by atoms with Gasteiger partial charge in [0.15, 0.2) is 0 Å². The van der Waals surface area contributed by atoms with E-state index in [-0.39, 0.29) is 17.1 Å². The maximum absolute atomic E-state index is 10.7. The molecule has 3 heteroatoms. The molecule has 1 unspecified atom stereocenters. The first-order valence-corrected chi connectivity index (χ1v) is 3.47. The van der Waals surface area contributed by atoms with Gasteiger partial charge in [-0.3, -0.25) is 4.79 Å². The van der Waals surface area contributed by atoms with Crippen molar-refractivity contribution in [1.29, 1.82) is 0 Å². The average molecular weight is 147 g/mol. The van der Waals surface area contributed by atoms with Crippen molar-refractivity contribution in [3.05, 3.63) is 0 Å². The summed E-state index contributed by atoms with van der Waals surface area (Å²) in [6.45, 7) is 3.46. The highest BCUT2D eigenvalue weighted by atomic mass is 32.1.